The first-order valence-corrected chi connectivity index (χ1v) is 21.9. The van der Waals surface area contributed by atoms with Crippen LogP contribution in [0.15, 0.2) is 95.9 Å². The van der Waals surface area contributed by atoms with Gasteiger partial charge in [-0.1, -0.05) is 61.5 Å². The second-order valence-corrected chi connectivity index (χ2v) is 19.2. The van der Waals surface area contributed by atoms with Crippen LogP contribution in [-0.4, -0.2) is 56.8 Å². The fourth-order valence-electron chi connectivity index (χ4n) is 5.70. The Hall–Kier alpha value is -3.81. The number of nitrogens with zero attached hydrogens (tertiary/aromatic N) is 2. The third-order valence-electron chi connectivity index (χ3n) is 8.12. The zero-order valence-electron chi connectivity index (χ0n) is 29.0. The van der Waals surface area contributed by atoms with Crippen LogP contribution in [0.25, 0.3) is 0 Å². The number of benzene rings is 3. The Bertz CT molecular complexity index is 1770. The molecule has 3 aromatic carbocycles. The summed E-state index contributed by atoms with van der Waals surface area (Å²) >= 11 is 5.67. The van der Waals surface area contributed by atoms with E-state index in [0.29, 0.717) is 17.9 Å². The van der Waals surface area contributed by atoms with E-state index in [9.17, 15) is 9.59 Å². The lowest BCUT2D eigenvalue weighted by Gasteiger charge is -2.37. The highest BCUT2D eigenvalue weighted by atomic mass is 32.4. The fourth-order valence-corrected chi connectivity index (χ4v) is 10.4. The van der Waals surface area contributed by atoms with E-state index in [-0.39, 0.29) is 24.8 Å². The monoisotopic (exact) mass is 736 g/mol. The normalized spacial score (nSPS) is 18.0. The lowest BCUT2D eigenvalue weighted by Crippen LogP contribution is -2.38. The number of carbonyl (C=O) groups excluding carboxylic acids is 1. The van der Waals surface area contributed by atoms with Gasteiger partial charge in [0.05, 0.1) is 20.8 Å². The molecule has 2 heterocycles. The number of hydrogen-bond acceptors (Lipinski definition) is 10. The predicted molar refractivity (Wildman–Crippen MR) is 198 cm³/mol. The van der Waals surface area contributed by atoms with Crippen LogP contribution in [0.1, 0.15) is 42.7 Å². The molecule has 11 nitrogen and oxygen atoms in total. The lowest BCUT2D eigenvalue weighted by atomic mass is 9.80. The van der Waals surface area contributed by atoms with E-state index in [0.717, 1.165) is 16.7 Å². The molecule has 1 unspecified atom stereocenters. The summed E-state index contributed by atoms with van der Waals surface area (Å²) in [7, 11) is -0.430. The number of ether oxygens (including phenoxy) is 4. The van der Waals surface area contributed by atoms with Crippen molar-refractivity contribution >= 4 is 39.0 Å². The Morgan fingerprint density at radius 2 is 1.54 bits per heavy atom. The summed E-state index contributed by atoms with van der Waals surface area (Å²) in [5, 5.41) is 2.63. The van der Waals surface area contributed by atoms with Crippen molar-refractivity contribution in [1.82, 2.24) is 9.55 Å². The third-order valence-corrected chi connectivity index (χ3v) is 12.3. The van der Waals surface area contributed by atoms with E-state index >= 15 is 0 Å². The number of carbonyl (C=O) groups is 1. The Kier molecular flexibility index (Phi) is 12.3. The van der Waals surface area contributed by atoms with E-state index in [1.807, 2.05) is 78.9 Å². The van der Waals surface area contributed by atoms with Gasteiger partial charge in [-0.15, -0.1) is 4.52 Å². The molecule has 50 heavy (non-hydrogen) atoms. The van der Waals surface area contributed by atoms with Gasteiger partial charge in [-0.2, -0.15) is 9.20 Å². The topological polar surface area (TPSA) is 119 Å². The molecule has 1 aliphatic heterocycles. The maximum absolute atomic E-state index is 13.2. The van der Waals surface area contributed by atoms with Gasteiger partial charge in [-0.3, -0.25) is 9.36 Å². The van der Waals surface area contributed by atoms with Gasteiger partial charge < -0.3 is 24.3 Å². The van der Waals surface area contributed by atoms with Crippen LogP contribution in [0.3, 0.4) is 0 Å². The number of nitrogens with one attached hydrogen (secondary N) is 1. The first kappa shape index (κ1) is 37.4. The molecule has 4 aromatic rings. The van der Waals surface area contributed by atoms with Gasteiger partial charge >= 0.3 is 12.8 Å². The highest BCUT2D eigenvalue weighted by Crippen LogP contribution is 2.44. The molecule has 1 saturated heterocycles. The molecule has 0 aliphatic carbocycles. The van der Waals surface area contributed by atoms with Gasteiger partial charge in [0.25, 0.3) is 8.32 Å². The summed E-state index contributed by atoms with van der Waals surface area (Å²) in [6, 6.07) is 27.1. The van der Waals surface area contributed by atoms with Crippen molar-refractivity contribution in [2.24, 2.45) is 0 Å². The summed E-state index contributed by atoms with van der Waals surface area (Å²) in [6.45, 7) is 7.94. The van der Waals surface area contributed by atoms with Crippen molar-refractivity contribution in [3.05, 3.63) is 118 Å². The minimum atomic E-state index is -2.02. The second kappa shape index (κ2) is 16.5. The molecule has 264 valence electrons. The smallest absolute Gasteiger partial charge is 0.497 e. The molecule has 1 aromatic heterocycles. The van der Waals surface area contributed by atoms with Crippen molar-refractivity contribution in [3.8, 4) is 11.5 Å². The minimum Gasteiger partial charge on any atom is -0.497 e. The van der Waals surface area contributed by atoms with Gasteiger partial charge in [0.2, 0.25) is 17.7 Å². The second-order valence-electron chi connectivity index (χ2n) is 12.7. The summed E-state index contributed by atoms with van der Waals surface area (Å²) in [6.07, 6.45) is 0.171. The first-order valence-electron chi connectivity index (χ1n) is 16.3. The van der Waals surface area contributed by atoms with Gasteiger partial charge in [0.1, 0.15) is 41.4 Å². The average Bonchev–Trinajstić information content (AvgIpc) is 3.50. The summed E-state index contributed by atoms with van der Waals surface area (Å²) in [5.41, 5.74) is 0.939. The molecule has 5 rings (SSSR count). The van der Waals surface area contributed by atoms with E-state index in [2.05, 4.69) is 29.9 Å². The Balaban J connectivity index is 1.54. The highest BCUT2D eigenvalue weighted by molar-refractivity contribution is 8.01. The van der Waals surface area contributed by atoms with Gasteiger partial charge in [0, 0.05) is 19.0 Å². The Morgan fingerprint density at radius 1 is 0.960 bits per heavy atom. The minimum absolute atomic E-state index is 0.0619. The molecule has 1 amide bonds. The zero-order valence-corrected chi connectivity index (χ0v) is 31.7. The molecular weight excluding hydrogens is 694 g/mol. The van der Waals surface area contributed by atoms with Crippen molar-refractivity contribution < 1.29 is 32.5 Å². The van der Waals surface area contributed by atoms with Gasteiger partial charge in [-0.25, -0.2) is 4.79 Å². The largest absolute Gasteiger partial charge is 0.509 e. The molecular formula is C36H43N3O8PSSi+. The molecule has 1 N–H and O–H groups in total. The van der Waals surface area contributed by atoms with E-state index in [4.69, 9.17) is 39.5 Å². The molecule has 0 spiro atoms. The summed E-state index contributed by atoms with van der Waals surface area (Å²) < 4.78 is 38.5. The first-order chi connectivity index (χ1) is 23.9. The number of anilines is 1. The van der Waals surface area contributed by atoms with Crippen molar-refractivity contribution in [2.75, 3.05) is 26.1 Å². The van der Waals surface area contributed by atoms with Crippen LogP contribution < -0.4 is 20.5 Å². The van der Waals surface area contributed by atoms with Gasteiger partial charge in [0.15, 0.2) is 0 Å². The molecule has 4 atom stereocenters. The van der Waals surface area contributed by atoms with Crippen molar-refractivity contribution in [1.29, 1.82) is 0 Å². The van der Waals surface area contributed by atoms with Crippen LogP contribution in [0.4, 0.5) is 5.82 Å². The third kappa shape index (κ3) is 8.91. The number of rotatable bonds is 15. The van der Waals surface area contributed by atoms with Crippen LogP contribution in [0, 0.1) is 0 Å². The quantitative estimate of drug-likeness (QED) is 0.0783. The SMILES string of the molecule is CCC(=O)Nc1ccn([C@H]2C[C@H](O[P+](=S)O[Si](C)(C)C)[C@@H](COC(c3ccccc3)(c3ccc(OC)cc3)c3ccc(OC)cc3)O2)c(=O)n1. The Labute approximate surface area is 299 Å². The highest BCUT2D eigenvalue weighted by Gasteiger charge is 2.46. The van der Waals surface area contributed by atoms with Gasteiger partial charge in [-0.05, 0) is 66.7 Å². The molecule has 0 saturated carbocycles. The number of hydrogen-bond donors (Lipinski definition) is 1. The van der Waals surface area contributed by atoms with Crippen LogP contribution in [0.5, 0.6) is 11.5 Å². The van der Waals surface area contributed by atoms with E-state index < -0.39 is 45.2 Å². The van der Waals surface area contributed by atoms with Crippen molar-refractivity contribution in [3.63, 3.8) is 0 Å². The predicted octanol–water partition coefficient (Wildman–Crippen LogP) is 6.92. The molecule has 14 heteroatoms. The van der Waals surface area contributed by atoms with E-state index in [1.54, 1.807) is 33.4 Å². The fraction of sp³-hybridized carbons (Fsp3) is 0.361. The molecule has 1 aliphatic rings. The van der Waals surface area contributed by atoms with Crippen LogP contribution >= 0.6 is 7.15 Å². The molecule has 0 radical (unpaired) electrons. The molecule has 0 bridgehead atoms. The summed E-state index contributed by atoms with van der Waals surface area (Å²) in [5.74, 6) is 1.35. The van der Waals surface area contributed by atoms with Crippen molar-refractivity contribution in [2.45, 2.75) is 63.4 Å². The number of aromatic nitrogens is 2. The maximum Gasteiger partial charge on any atom is 0.509 e. The zero-order chi connectivity index (χ0) is 35.9. The number of amides is 1. The maximum atomic E-state index is 13.2. The van der Waals surface area contributed by atoms with Crippen LogP contribution in [-0.2, 0) is 40.4 Å². The molecule has 1 fully saturated rings. The summed E-state index contributed by atoms with van der Waals surface area (Å²) in [4.78, 5) is 29.2. The average molecular weight is 737 g/mol. The standard InChI is InChI=1S/C36H42N3O8PSSi/c1-7-33(40)37-32-21-22-39(35(41)38-32)34-23-30(46-48(49)47-50(4,5)6)31(45-34)24-44-36(25-11-9-8-10-12-25,26-13-17-28(42-2)18-14-26)27-15-19-29(43-3)20-16-27/h8-22,30-31,34H,7,23-24H2,1-6H3/p+1/t30-,31+,34+/m0/s1. The lowest BCUT2D eigenvalue weighted by molar-refractivity contribution is -0.115. The Morgan fingerprint density at radius 3 is 2.06 bits per heavy atom. The van der Waals surface area contributed by atoms with Crippen LogP contribution in [0.2, 0.25) is 19.6 Å². The van der Waals surface area contributed by atoms with E-state index in [1.165, 1.54) is 4.57 Å². The number of methoxy groups -OCH3 is 2.